The summed E-state index contributed by atoms with van der Waals surface area (Å²) in [4.78, 5) is 0. The van der Waals surface area contributed by atoms with Crippen LogP contribution in [-0.4, -0.2) is 38.4 Å². The Hall–Kier alpha value is -1.10. The molecule has 1 saturated carbocycles. The Labute approximate surface area is 114 Å². The minimum atomic E-state index is 0.434. The lowest BCUT2D eigenvalue weighted by atomic mass is 10.0. The summed E-state index contributed by atoms with van der Waals surface area (Å²) in [7, 11) is 1.71. The van der Waals surface area contributed by atoms with E-state index in [1.165, 1.54) is 18.4 Å². The molecule has 1 saturated heterocycles. The van der Waals surface area contributed by atoms with Gasteiger partial charge >= 0.3 is 0 Å². The van der Waals surface area contributed by atoms with Crippen LogP contribution in [0.25, 0.3) is 0 Å². The molecule has 1 heterocycles. The van der Waals surface area contributed by atoms with Crippen molar-refractivity contribution < 1.29 is 9.47 Å². The molecule has 0 radical (unpaired) electrons. The molecular weight excluding hydrogens is 240 g/mol. The number of ether oxygens (including phenoxy) is 2. The number of nitrogens with one attached hydrogen (secondary N) is 1. The Morgan fingerprint density at radius 3 is 2.47 bits per heavy atom. The van der Waals surface area contributed by atoms with E-state index < -0.39 is 0 Å². The average molecular weight is 262 g/mol. The molecule has 1 aliphatic heterocycles. The molecule has 4 heteroatoms. The maximum absolute atomic E-state index is 5.40. The SMILES string of the molecule is COc1ccc(C(NN2CCOCC2)C2CC2)cc1. The summed E-state index contributed by atoms with van der Waals surface area (Å²) in [5.74, 6) is 1.70. The predicted octanol–water partition coefficient (Wildman–Crippen LogP) is 1.98. The zero-order chi connectivity index (χ0) is 13.1. The molecule has 2 aliphatic rings. The van der Waals surface area contributed by atoms with Crippen LogP contribution in [0.15, 0.2) is 24.3 Å². The highest BCUT2D eigenvalue weighted by Crippen LogP contribution is 2.41. The summed E-state index contributed by atoms with van der Waals surface area (Å²) < 4.78 is 10.6. The van der Waals surface area contributed by atoms with E-state index in [0.29, 0.717) is 6.04 Å². The molecule has 1 unspecified atom stereocenters. The van der Waals surface area contributed by atoms with Gasteiger partial charge in [-0.2, -0.15) is 0 Å². The Morgan fingerprint density at radius 2 is 1.89 bits per heavy atom. The summed E-state index contributed by atoms with van der Waals surface area (Å²) in [5, 5.41) is 2.30. The minimum Gasteiger partial charge on any atom is -0.497 e. The van der Waals surface area contributed by atoms with Crippen molar-refractivity contribution in [1.82, 2.24) is 10.4 Å². The van der Waals surface area contributed by atoms with Gasteiger partial charge in [-0.3, -0.25) is 0 Å². The lowest BCUT2D eigenvalue weighted by Gasteiger charge is -2.32. The highest BCUT2D eigenvalue weighted by atomic mass is 16.5. The number of rotatable bonds is 5. The summed E-state index contributed by atoms with van der Waals surface area (Å²) in [6, 6.07) is 8.88. The molecule has 1 aromatic carbocycles. The van der Waals surface area contributed by atoms with E-state index in [4.69, 9.17) is 9.47 Å². The Bertz CT molecular complexity index is 397. The normalized spacial score (nSPS) is 22.2. The molecular formula is C15H22N2O2. The number of morpholine rings is 1. The molecule has 1 atom stereocenters. The fourth-order valence-corrected chi connectivity index (χ4v) is 2.58. The van der Waals surface area contributed by atoms with Crippen molar-refractivity contribution in [2.45, 2.75) is 18.9 Å². The van der Waals surface area contributed by atoms with Crippen LogP contribution in [0, 0.1) is 5.92 Å². The van der Waals surface area contributed by atoms with E-state index in [-0.39, 0.29) is 0 Å². The van der Waals surface area contributed by atoms with E-state index in [0.717, 1.165) is 38.0 Å². The van der Waals surface area contributed by atoms with Gasteiger partial charge in [0, 0.05) is 19.1 Å². The van der Waals surface area contributed by atoms with Crippen LogP contribution in [0.4, 0.5) is 0 Å². The monoisotopic (exact) mass is 262 g/mol. The van der Waals surface area contributed by atoms with E-state index >= 15 is 0 Å². The summed E-state index contributed by atoms with van der Waals surface area (Å²) in [5.41, 5.74) is 5.04. The van der Waals surface area contributed by atoms with Crippen LogP contribution in [-0.2, 0) is 4.74 Å². The van der Waals surface area contributed by atoms with Crippen LogP contribution < -0.4 is 10.2 Å². The van der Waals surface area contributed by atoms with Gasteiger partial charge in [-0.15, -0.1) is 0 Å². The third kappa shape index (κ3) is 3.26. The highest BCUT2D eigenvalue weighted by molar-refractivity contribution is 5.30. The van der Waals surface area contributed by atoms with Gasteiger partial charge in [0.05, 0.1) is 20.3 Å². The second-order valence-corrected chi connectivity index (χ2v) is 5.32. The van der Waals surface area contributed by atoms with Crippen molar-refractivity contribution in [1.29, 1.82) is 0 Å². The van der Waals surface area contributed by atoms with Gasteiger partial charge in [0.15, 0.2) is 0 Å². The van der Waals surface area contributed by atoms with Gasteiger partial charge in [0.2, 0.25) is 0 Å². The number of hydrazine groups is 1. The first-order valence-electron chi connectivity index (χ1n) is 7.09. The van der Waals surface area contributed by atoms with Gasteiger partial charge in [0.1, 0.15) is 5.75 Å². The standard InChI is InChI=1S/C15H22N2O2/c1-18-14-6-4-13(5-7-14)15(12-2-3-12)16-17-8-10-19-11-9-17/h4-7,12,15-16H,2-3,8-11H2,1H3. The van der Waals surface area contributed by atoms with Crippen molar-refractivity contribution in [3.8, 4) is 5.75 Å². The average Bonchev–Trinajstić information content (AvgIpc) is 3.31. The molecule has 0 bridgehead atoms. The van der Waals surface area contributed by atoms with Crippen molar-refractivity contribution in [2.24, 2.45) is 5.92 Å². The van der Waals surface area contributed by atoms with E-state index in [1.807, 2.05) is 12.1 Å². The van der Waals surface area contributed by atoms with Crippen molar-refractivity contribution in [3.63, 3.8) is 0 Å². The Kier molecular flexibility index (Phi) is 4.01. The smallest absolute Gasteiger partial charge is 0.118 e. The molecule has 1 aromatic rings. The van der Waals surface area contributed by atoms with Crippen LogP contribution in [0.1, 0.15) is 24.4 Å². The van der Waals surface area contributed by atoms with Gasteiger partial charge < -0.3 is 9.47 Å². The fraction of sp³-hybridized carbons (Fsp3) is 0.600. The Balaban J connectivity index is 1.68. The van der Waals surface area contributed by atoms with Gasteiger partial charge in [-0.1, -0.05) is 12.1 Å². The molecule has 0 aromatic heterocycles. The van der Waals surface area contributed by atoms with Gasteiger partial charge in [-0.25, -0.2) is 10.4 Å². The maximum Gasteiger partial charge on any atom is 0.118 e. The Morgan fingerprint density at radius 1 is 1.21 bits per heavy atom. The quantitative estimate of drug-likeness (QED) is 0.880. The molecule has 1 aliphatic carbocycles. The molecule has 2 fully saturated rings. The molecule has 3 rings (SSSR count). The molecule has 0 spiro atoms. The van der Waals surface area contributed by atoms with Crippen LogP contribution in [0.2, 0.25) is 0 Å². The highest BCUT2D eigenvalue weighted by Gasteiger charge is 2.33. The molecule has 104 valence electrons. The van der Waals surface area contributed by atoms with E-state index in [9.17, 15) is 0 Å². The fourth-order valence-electron chi connectivity index (χ4n) is 2.58. The number of nitrogens with zero attached hydrogens (tertiary/aromatic N) is 1. The lowest BCUT2D eigenvalue weighted by Crippen LogP contribution is -2.47. The number of hydrogen-bond donors (Lipinski definition) is 1. The number of benzene rings is 1. The van der Waals surface area contributed by atoms with Crippen LogP contribution >= 0.6 is 0 Å². The zero-order valence-electron chi connectivity index (χ0n) is 11.5. The second-order valence-electron chi connectivity index (χ2n) is 5.32. The molecule has 19 heavy (non-hydrogen) atoms. The minimum absolute atomic E-state index is 0.434. The first-order chi connectivity index (χ1) is 9.36. The first-order valence-corrected chi connectivity index (χ1v) is 7.09. The third-order valence-corrected chi connectivity index (χ3v) is 3.90. The first kappa shape index (κ1) is 12.9. The maximum atomic E-state index is 5.40. The topological polar surface area (TPSA) is 33.7 Å². The largest absolute Gasteiger partial charge is 0.497 e. The summed E-state index contributed by atoms with van der Waals surface area (Å²) in [6.07, 6.45) is 2.65. The van der Waals surface area contributed by atoms with Crippen LogP contribution in [0.5, 0.6) is 5.75 Å². The summed E-state index contributed by atoms with van der Waals surface area (Å²) in [6.45, 7) is 3.60. The van der Waals surface area contributed by atoms with Crippen molar-refractivity contribution >= 4 is 0 Å². The molecule has 1 N–H and O–H groups in total. The van der Waals surface area contributed by atoms with Crippen molar-refractivity contribution in [3.05, 3.63) is 29.8 Å². The predicted molar refractivity (Wildman–Crippen MR) is 74.0 cm³/mol. The van der Waals surface area contributed by atoms with Crippen molar-refractivity contribution in [2.75, 3.05) is 33.4 Å². The third-order valence-electron chi connectivity index (χ3n) is 3.90. The molecule has 0 amide bonds. The number of methoxy groups -OCH3 is 1. The van der Waals surface area contributed by atoms with Crippen LogP contribution in [0.3, 0.4) is 0 Å². The summed E-state index contributed by atoms with van der Waals surface area (Å²) >= 11 is 0. The lowest BCUT2D eigenvalue weighted by molar-refractivity contribution is 0.00132. The van der Waals surface area contributed by atoms with E-state index in [2.05, 4.69) is 22.6 Å². The van der Waals surface area contributed by atoms with Gasteiger partial charge in [0.25, 0.3) is 0 Å². The van der Waals surface area contributed by atoms with Gasteiger partial charge in [-0.05, 0) is 36.5 Å². The van der Waals surface area contributed by atoms with E-state index in [1.54, 1.807) is 7.11 Å². The number of hydrogen-bond acceptors (Lipinski definition) is 4. The molecule has 4 nitrogen and oxygen atoms in total. The second kappa shape index (κ2) is 5.90. The zero-order valence-corrected chi connectivity index (χ0v) is 11.5.